The lowest BCUT2D eigenvalue weighted by molar-refractivity contribution is -0.137. The van der Waals surface area contributed by atoms with Crippen molar-refractivity contribution in [3.8, 4) is 22.3 Å². The minimum atomic E-state index is -4.43. The first-order valence-electron chi connectivity index (χ1n) is 14.9. The molecule has 0 nitrogen and oxygen atoms in total. The second-order valence-electron chi connectivity index (χ2n) is 12.3. The molecule has 2 heterocycles. The average Bonchev–Trinajstić information content (AvgIpc) is 3.72. The summed E-state index contributed by atoms with van der Waals surface area (Å²) in [5, 5.41) is 7.79. The van der Waals surface area contributed by atoms with Crippen LogP contribution in [0, 0.1) is 20.8 Å². The van der Waals surface area contributed by atoms with E-state index in [0.717, 1.165) is 53.2 Å². The minimum absolute atomic E-state index is 0.598. The number of hydrogen-bond donors (Lipinski definition) is 0. The van der Waals surface area contributed by atoms with Crippen LogP contribution in [0.15, 0.2) is 96.4 Å². The number of halogens is 3. The Morgan fingerprint density at radius 1 is 0.578 bits per heavy atom. The maximum absolute atomic E-state index is 14.1. The van der Waals surface area contributed by atoms with Gasteiger partial charge in [-0.2, -0.15) is 13.2 Å². The van der Waals surface area contributed by atoms with Gasteiger partial charge in [0.1, 0.15) is 0 Å². The number of aryl methyl sites for hydroxylation is 3. The topological polar surface area (TPSA) is 0 Å². The second kappa shape index (κ2) is 9.29. The van der Waals surface area contributed by atoms with Gasteiger partial charge >= 0.3 is 6.18 Å². The van der Waals surface area contributed by atoms with Gasteiger partial charge < -0.3 is 0 Å². The smallest absolute Gasteiger partial charge is 0.166 e. The Labute approximate surface area is 266 Å². The second-order valence-corrected chi connectivity index (χ2v) is 14.3. The first-order valence-corrected chi connectivity index (χ1v) is 16.6. The van der Waals surface area contributed by atoms with Crippen molar-refractivity contribution in [3.63, 3.8) is 0 Å². The number of hydrogen-bond acceptors (Lipinski definition) is 2. The highest BCUT2D eigenvalue weighted by Crippen LogP contribution is 2.49. The summed E-state index contributed by atoms with van der Waals surface area (Å²) in [5.74, 6) is 0. The molecule has 0 atom stereocenters. The standard InChI is InChI=1S/C40H25F3S2/c1-20-10-21(2)12-25(11-20)35-30-19-32-31(18-29(30)28-8-9-44-38(28)35)36(26-13-22(3)14-27(15-26)40(41,42)43)39-37(32)33-16-23-6-4-5-7-24(23)17-34(33)45-39/h4-19H,1-3H3. The molecule has 0 saturated carbocycles. The fraction of sp³-hybridized carbons (Fsp3) is 0.100. The number of thiophene rings is 2. The Morgan fingerprint density at radius 3 is 1.93 bits per heavy atom. The molecule has 218 valence electrons. The molecular formula is C40H25F3S2. The van der Waals surface area contributed by atoms with E-state index in [1.165, 1.54) is 50.1 Å². The van der Waals surface area contributed by atoms with E-state index in [-0.39, 0.29) is 0 Å². The Morgan fingerprint density at radius 2 is 1.20 bits per heavy atom. The van der Waals surface area contributed by atoms with Gasteiger partial charge in [0, 0.05) is 42.1 Å². The van der Waals surface area contributed by atoms with Crippen LogP contribution in [0.25, 0.3) is 54.3 Å². The normalized spacial score (nSPS) is 13.5. The molecular weight excluding hydrogens is 602 g/mol. The van der Waals surface area contributed by atoms with Crippen molar-refractivity contribution >= 4 is 54.7 Å². The fourth-order valence-electron chi connectivity index (χ4n) is 7.41. The fourth-order valence-corrected chi connectivity index (χ4v) is 9.73. The van der Waals surface area contributed by atoms with Crippen molar-refractivity contribution in [1.82, 2.24) is 0 Å². The van der Waals surface area contributed by atoms with Gasteiger partial charge in [0.25, 0.3) is 0 Å². The van der Waals surface area contributed by atoms with Crippen LogP contribution in [-0.2, 0) is 6.18 Å². The van der Waals surface area contributed by atoms with E-state index >= 15 is 0 Å². The monoisotopic (exact) mass is 626 g/mol. The van der Waals surface area contributed by atoms with E-state index in [9.17, 15) is 13.2 Å². The SMILES string of the molecule is Cc1cc(C)cc(C2=c3cc4c(cc3-c3ccsc32)=C(c2cc(C)cc(C(F)(F)F)c2)c2sc3cc5ccccc5cc3c2-4)c1. The van der Waals surface area contributed by atoms with E-state index in [4.69, 9.17) is 0 Å². The zero-order chi connectivity index (χ0) is 30.8. The Balaban J connectivity index is 1.44. The predicted octanol–water partition coefficient (Wildman–Crippen LogP) is 10.5. The highest BCUT2D eigenvalue weighted by atomic mass is 32.1. The van der Waals surface area contributed by atoms with Crippen LogP contribution >= 0.6 is 22.7 Å². The van der Waals surface area contributed by atoms with Gasteiger partial charge in [-0.3, -0.25) is 0 Å². The third-order valence-corrected chi connectivity index (χ3v) is 11.2. The molecule has 0 fully saturated rings. The summed E-state index contributed by atoms with van der Waals surface area (Å²) < 4.78 is 43.5. The highest BCUT2D eigenvalue weighted by Gasteiger charge is 2.34. The predicted molar refractivity (Wildman–Crippen MR) is 183 cm³/mol. The van der Waals surface area contributed by atoms with Crippen molar-refractivity contribution in [1.29, 1.82) is 0 Å². The Hall–Kier alpha value is -4.45. The third kappa shape index (κ3) is 3.97. The average molecular weight is 627 g/mol. The van der Waals surface area contributed by atoms with Crippen molar-refractivity contribution in [2.45, 2.75) is 26.9 Å². The van der Waals surface area contributed by atoms with Gasteiger partial charge in [-0.15, -0.1) is 22.7 Å². The zero-order valence-corrected chi connectivity index (χ0v) is 26.3. The van der Waals surface area contributed by atoms with Gasteiger partial charge in [0.15, 0.2) is 0 Å². The van der Waals surface area contributed by atoms with Crippen molar-refractivity contribution in [3.05, 3.63) is 150 Å². The quantitative estimate of drug-likeness (QED) is 0.179. The van der Waals surface area contributed by atoms with Gasteiger partial charge in [-0.1, -0.05) is 59.7 Å². The molecule has 0 bridgehead atoms. The van der Waals surface area contributed by atoms with Gasteiger partial charge in [0.05, 0.1) is 5.56 Å². The lowest BCUT2D eigenvalue weighted by atomic mass is 9.96. The Kier molecular flexibility index (Phi) is 5.55. The van der Waals surface area contributed by atoms with Crippen LogP contribution in [-0.4, -0.2) is 0 Å². The first kappa shape index (κ1) is 26.9. The Bertz CT molecular complexity index is 2540. The molecule has 0 spiro atoms. The van der Waals surface area contributed by atoms with Gasteiger partial charge in [-0.25, -0.2) is 0 Å². The molecule has 0 unspecified atom stereocenters. The van der Waals surface area contributed by atoms with Crippen LogP contribution < -0.4 is 10.4 Å². The molecule has 2 aromatic heterocycles. The van der Waals surface area contributed by atoms with Crippen molar-refractivity contribution in [2.24, 2.45) is 0 Å². The molecule has 0 N–H and O–H groups in total. The summed E-state index contributed by atoms with van der Waals surface area (Å²) in [5.41, 5.74) is 10.9. The molecule has 5 aromatic carbocycles. The molecule has 0 amide bonds. The van der Waals surface area contributed by atoms with Crippen LogP contribution in [0.4, 0.5) is 13.2 Å². The molecule has 0 saturated heterocycles. The summed E-state index contributed by atoms with van der Waals surface area (Å²) in [6, 6.07) is 30.7. The lowest BCUT2D eigenvalue weighted by Crippen LogP contribution is -2.15. The third-order valence-electron chi connectivity index (χ3n) is 9.14. The van der Waals surface area contributed by atoms with Crippen molar-refractivity contribution < 1.29 is 13.2 Å². The summed E-state index contributed by atoms with van der Waals surface area (Å²) in [6.45, 7) is 6.02. The van der Waals surface area contributed by atoms with Crippen LogP contribution in [0.1, 0.15) is 43.1 Å². The maximum atomic E-state index is 14.1. The van der Waals surface area contributed by atoms with E-state index < -0.39 is 11.7 Å². The summed E-state index contributed by atoms with van der Waals surface area (Å²) >= 11 is 3.43. The van der Waals surface area contributed by atoms with Crippen molar-refractivity contribution in [2.75, 3.05) is 0 Å². The number of alkyl halides is 3. The van der Waals surface area contributed by atoms with Crippen LogP contribution in [0.2, 0.25) is 0 Å². The number of fused-ring (bicyclic) bond motifs is 9. The molecule has 0 radical (unpaired) electrons. The molecule has 45 heavy (non-hydrogen) atoms. The number of benzene rings is 5. The van der Waals surface area contributed by atoms with E-state index in [0.29, 0.717) is 11.1 Å². The van der Waals surface area contributed by atoms with Gasteiger partial charge in [-0.05, 0) is 118 Å². The molecule has 9 rings (SSSR count). The summed E-state index contributed by atoms with van der Waals surface area (Å²) in [7, 11) is 0. The largest absolute Gasteiger partial charge is 0.416 e. The van der Waals surface area contributed by atoms with E-state index in [2.05, 4.69) is 79.9 Å². The maximum Gasteiger partial charge on any atom is 0.416 e. The highest BCUT2D eigenvalue weighted by molar-refractivity contribution is 7.21. The zero-order valence-electron chi connectivity index (χ0n) is 24.7. The summed E-state index contributed by atoms with van der Waals surface area (Å²) in [4.78, 5) is 2.28. The number of rotatable bonds is 2. The van der Waals surface area contributed by atoms with E-state index in [1.54, 1.807) is 29.6 Å². The molecule has 7 aromatic rings. The van der Waals surface area contributed by atoms with Crippen LogP contribution in [0.3, 0.4) is 0 Å². The molecule has 0 aliphatic heterocycles. The molecule has 5 heteroatoms. The van der Waals surface area contributed by atoms with Gasteiger partial charge in [0.2, 0.25) is 0 Å². The summed E-state index contributed by atoms with van der Waals surface area (Å²) in [6.07, 6.45) is -4.43. The minimum Gasteiger partial charge on any atom is -0.166 e. The lowest BCUT2D eigenvalue weighted by Gasteiger charge is -2.12. The van der Waals surface area contributed by atoms with Crippen LogP contribution in [0.5, 0.6) is 0 Å². The first-order chi connectivity index (χ1) is 21.6. The molecule has 2 aliphatic rings. The van der Waals surface area contributed by atoms with E-state index in [1.807, 2.05) is 18.2 Å². The molecule has 2 aliphatic carbocycles.